The van der Waals surface area contributed by atoms with E-state index in [-0.39, 0.29) is 12.2 Å². The van der Waals surface area contributed by atoms with Gasteiger partial charge in [0.25, 0.3) is 0 Å². The van der Waals surface area contributed by atoms with Crippen molar-refractivity contribution in [2.45, 2.75) is 44.6 Å². The molecule has 1 N–H and O–H groups in total. The molecule has 2 aromatic carbocycles. The normalized spacial score (nSPS) is 26.2. The molecule has 4 atom stereocenters. The van der Waals surface area contributed by atoms with Gasteiger partial charge < -0.3 is 24.1 Å². The van der Waals surface area contributed by atoms with Crippen molar-refractivity contribution < 1.29 is 24.1 Å². The molecule has 0 unspecified atom stereocenters. The quantitative estimate of drug-likeness (QED) is 0.872. The topological polar surface area (TPSA) is 57.2 Å². The van der Waals surface area contributed by atoms with E-state index in [0.29, 0.717) is 18.8 Å². The van der Waals surface area contributed by atoms with E-state index in [4.69, 9.17) is 18.9 Å². The minimum absolute atomic E-state index is 0.341. The van der Waals surface area contributed by atoms with Crippen molar-refractivity contribution in [2.24, 2.45) is 0 Å². The third-order valence-electron chi connectivity index (χ3n) is 4.29. The highest BCUT2D eigenvalue weighted by Crippen LogP contribution is 2.27. The highest BCUT2D eigenvalue weighted by molar-refractivity contribution is 5.31. The van der Waals surface area contributed by atoms with Crippen LogP contribution in [0.4, 0.5) is 0 Å². The Hall–Kier alpha value is -2.08. The summed E-state index contributed by atoms with van der Waals surface area (Å²) >= 11 is 0. The third kappa shape index (κ3) is 4.72. The van der Waals surface area contributed by atoms with Crippen LogP contribution in [0.2, 0.25) is 0 Å². The van der Waals surface area contributed by atoms with Gasteiger partial charge in [0.05, 0.1) is 25.9 Å². The van der Waals surface area contributed by atoms with E-state index in [0.717, 1.165) is 11.3 Å². The van der Waals surface area contributed by atoms with Gasteiger partial charge in [-0.1, -0.05) is 30.3 Å². The van der Waals surface area contributed by atoms with Crippen molar-refractivity contribution >= 4 is 0 Å². The molecular formula is C20H24O5. The van der Waals surface area contributed by atoms with Crippen molar-refractivity contribution in [3.05, 3.63) is 60.2 Å². The molecule has 0 spiro atoms. The van der Waals surface area contributed by atoms with Crippen LogP contribution < -0.4 is 9.47 Å². The Morgan fingerprint density at radius 1 is 1.04 bits per heavy atom. The number of ether oxygens (including phenoxy) is 4. The van der Waals surface area contributed by atoms with Gasteiger partial charge in [0.1, 0.15) is 17.6 Å². The minimum Gasteiger partial charge on any atom is -0.497 e. The van der Waals surface area contributed by atoms with Crippen LogP contribution in [0.3, 0.4) is 0 Å². The highest BCUT2D eigenvalue weighted by atomic mass is 16.7. The van der Waals surface area contributed by atoms with E-state index < -0.39 is 12.4 Å². The molecule has 3 rings (SSSR count). The van der Waals surface area contributed by atoms with Crippen molar-refractivity contribution in [3.63, 3.8) is 0 Å². The van der Waals surface area contributed by atoms with Gasteiger partial charge in [0.15, 0.2) is 0 Å². The summed E-state index contributed by atoms with van der Waals surface area (Å²) < 4.78 is 22.7. The van der Waals surface area contributed by atoms with Crippen molar-refractivity contribution in [3.8, 4) is 11.5 Å². The fourth-order valence-electron chi connectivity index (χ4n) is 2.83. The summed E-state index contributed by atoms with van der Waals surface area (Å²) in [6.07, 6.45) is -1.39. The standard InChI is InChI=1S/C20H24O5/c1-14-20(21)18(23-13-15-6-4-3-5-7-15)12-19(24-14)25-17-10-8-16(22-2)9-11-17/h3-11,14,18-21H,12-13H2,1-2H3/t14-,18+,19+,20-/m1/s1. The Morgan fingerprint density at radius 2 is 1.72 bits per heavy atom. The first kappa shape index (κ1) is 17.7. The molecule has 134 valence electrons. The molecule has 0 amide bonds. The monoisotopic (exact) mass is 344 g/mol. The summed E-state index contributed by atoms with van der Waals surface area (Å²) in [6.45, 7) is 2.28. The smallest absolute Gasteiger partial charge is 0.202 e. The molecule has 2 aromatic rings. The van der Waals surface area contributed by atoms with E-state index in [2.05, 4.69) is 0 Å². The van der Waals surface area contributed by atoms with Gasteiger partial charge in [-0.2, -0.15) is 0 Å². The van der Waals surface area contributed by atoms with E-state index in [9.17, 15) is 5.11 Å². The SMILES string of the molecule is COc1ccc(O[C@H]2C[C@H](OCc3ccccc3)[C@H](O)[C@@H](C)O2)cc1. The maximum absolute atomic E-state index is 10.3. The zero-order valence-corrected chi connectivity index (χ0v) is 14.5. The van der Waals surface area contributed by atoms with Gasteiger partial charge in [-0.25, -0.2) is 0 Å². The molecule has 5 nitrogen and oxygen atoms in total. The Labute approximate surface area is 148 Å². The van der Waals surface area contributed by atoms with E-state index in [1.54, 1.807) is 7.11 Å². The summed E-state index contributed by atoms with van der Waals surface area (Å²) in [4.78, 5) is 0. The largest absolute Gasteiger partial charge is 0.497 e. The molecular weight excluding hydrogens is 320 g/mol. The van der Waals surface area contributed by atoms with Crippen molar-refractivity contribution in [1.82, 2.24) is 0 Å². The number of aliphatic hydroxyl groups is 1. The Kier molecular flexibility index (Phi) is 5.91. The number of rotatable bonds is 6. The second kappa shape index (κ2) is 8.34. The zero-order chi connectivity index (χ0) is 17.6. The third-order valence-corrected chi connectivity index (χ3v) is 4.29. The van der Waals surface area contributed by atoms with E-state index in [1.807, 2.05) is 61.5 Å². The first-order chi connectivity index (χ1) is 12.2. The molecule has 5 heteroatoms. The molecule has 25 heavy (non-hydrogen) atoms. The van der Waals surface area contributed by atoms with Crippen LogP contribution in [0, 0.1) is 0 Å². The molecule has 0 bridgehead atoms. The van der Waals surface area contributed by atoms with Crippen LogP contribution in [0.15, 0.2) is 54.6 Å². The number of aliphatic hydroxyl groups excluding tert-OH is 1. The first-order valence-corrected chi connectivity index (χ1v) is 8.45. The maximum Gasteiger partial charge on any atom is 0.202 e. The number of methoxy groups -OCH3 is 1. The predicted octanol–water partition coefficient (Wildman–Crippen LogP) is 3.16. The second-order valence-electron chi connectivity index (χ2n) is 6.13. The van der Waals surface area contributed by atoms with Crippen LogP contribution in [0.5, 0.6) is 11.5 Å². The van der Waals surface area contributed by atoms with E-state index in [1.165, 1.54) is 0 Å². The fraction of sp³-hybridized carbons (Fsp3) is 0.400. The maximum atomic E-state index is 10.3. The molecule has 1 heterocycles. The lowest BCUT2D eigenvalue weighted by molar-refractivity contribution is -0.228. The lowest BCUT2D eigenvalue weighted by Gasteiger charge is -2.37. The number of hydrogen-bond donors (Lipinski definition) is 1. The van der Waals surface area contributed by atoms with Crippen LogP contribution >= 0.6 is 0 Å². The Morgan fingerprint density at radius 3 is 2.40 bits per heavy atom. The van der Waals surface area contributed by atoms with Gasteiger partial charge >= 0.3 is 0 Å². The summed E-state index contributed by atoms with van der Waals surface area (Å²) in [5.41, 5.74) is 1.07. The molecule has 1 aliphatic heterocycles. The Bertz CT molecular complexity index is 643. The lowest BCUT2D eigenvalue weighted by atomic mass is 10.0. The molecule has 0 aromatic heterocycles. The molecule has 0 radical (unpaired) electrons. The summed E-state index contributed by atoms with van der Waals surface area (Å²) in [7, 11) is 1.62. The average Bonchev–Trinajstić information content (AvgIpc) is 2.65. The number of benzene rings is 2. The molecule has 1 aliphatic rings. The van der Waals surface area contributed by atoms with Crippen LogP contribution in [-0.2, 0) is 16.1 Å². The van der Waals surface area contributed by atoms with Gasteiger partial charge in [-0.05, 0) is 36.8 Å². The fourth-order valence-corrected chi connectivity index (χ4v) is 2.83. The van der Waals surface area contributed by atoms with Crippen LogP contribution in [0.25, 0.3) is 0 Å². The Balaban J connectivity index is 1.59. The van der Waals surface area contributed by atoms with Crippen molar-refractivity contribution in [1.29, 1.82) is 0 Å². The average molecular weight is 344 g/mol. The lowest BCUT2D eigenvalue weighted by Crippen LogP contribution is -2.49. The predicted molar refractivity (Wildman–Crippen MR) is 93.6 cm³/mol. The van der Waals surface area contributed by atoms with Gasteiger partial charge in [0.2, 0.25) is 6.29 Å². The summed E-state index contributed by atoms with van der Waals surface area (Å²) in [5.74, 6) is 1.46. The molecule has 1 fully saturated rings. The zero-order valence-electron chi connectivity index (χ0n) is 14.5. The van der Waals surface area contributed by atoms with Crippen LogP contribution in [0.1, 0.15) is 18.9 Å². The summed E-state index contributed by atoms with van der Waals surface area (Å²) in [6, 6.07) is 17.2. The van der Waals surface area contributed by atoms with Crippen molar-refractivity contribution in [2.75, 3.05) is 7.11 Å². The highest BCUT2D eigenvalue weighted by Gasteiger charge is 2.37. The van der Waals surface area contributed by atoms with Gasteiger partial charge in [0, 0.05) is 6.42 Å². The van der Waals surface area contributed by atoms with Gasteiger partial charge in [-0.3, -0.25) is 0 Å². The number of hydrogen-bond acceptors (Lipinski definition) is 5. The first-order valence-electron chi connectivity index (χ1n) is 8.45. The summed E-state index contributed by atoms with van der Waals surface area (Å²) in [5, 5.41) is 10.3. The van der Waals surface area contributed by atoms with E-state index >= 15 is 0 Å². The second-order valence-corrected chi connectivity index (χ2v) is 6.13. The molecule has 1 saturated heterocycles. The van der Waals surface area contributed by atoms with Gasteiger partial charge in [-0.15, -0.1) is 0 Å². The van der Waals surface area contributed by atoms with Crippen LogP contribution in [-0.4, -0.2) is 36.8 Å². The molecule has 0 saturated carbocycles. The minimum atomic E-state index is -0.681. The molecule has 0 aliphatic carbocycles.